The van der Waals surface area contributed by atoms with Crippen molar-refractivity contribution in [2.45, 2.75) is 24.8 Å². The number of hydrogen-bond donors (Lipinski definition) is 1. The van der Waals surface area contributed by atoms with E-state index in [1.54, 1.807) is 13.8 Å². The molecule has 110 valence electrons. The van der Waals surface area contributed by atoms with Gasteiger partial charge in [0.25, 0.3) is 5.69 Å². The average Bonchev–Trinajstić information content (AvgIpc) is 2.35. The molecule has 0 radical (unpaired) electrons. The maximum absolute atomic E-state index is 12.5. The highest BCUT2D eigenvalue weighted by Gasteiger charge is 2.28. The van der Waals surface area contributed by atoms with Gasteiger partial charge in [-0.1, -0.05) is 6.08 Å². The fraction of sp³-hybridized carbons (Fsp3) is 0.333. The van der Waals surface area contributed by atoms with E-state index in [-0.39, 0.29) is 23.2 Å². The molecule has 0 aliphatic carbocycles. The van der Waals surface area contributed by atoms with Crippen molar-refractivity contribution in [3.05, 3.63) is 41.0 Å². The van der Waals surface area contributed by atoms with Gasteiger partial charge in [0.15, 0.2) is 0 Å². The smallest absolute Gasteiger partial charge is 0.293 e. The molecule has 0 saturated heterocycles. The molecule has 2 N–H and O–H groups in total. The fourth-order valence-electron chi connectivity index (χ4n) is 1.69. The standard InChI is InChI=1S/C12H17N3O4S/c1-4-7-14(9(2)3)20(18,19)10-5-6-11(13)12(8-10)15(16)17/h4-6,8-9H,1,7,13H2,2-3H3. The van der Waals surface area contributed by atoms with Crippen LogP contribution in [0.4, 0.5) is 11.4 Å². The quantitative estimate of drug-likeness (QED) is 0.373. The Hall–Kier alpha value is -1.93. The van der Waals surface area contributed by atoms with Crippen LogP contribution in [0, 0.1) is 10.1 Å². The number of nitrogen functional groups attached to an aromatic ring is 1. The van der Waals surface area contributed by atoms with E-state index in [1.807, 2.05) is 0 Å². The van der Waals surface area contributed by atoms with Crippen molar-refractivity contribution in [2.24, 2.45) is 0 Å². The van der Waals surface area contributed by atoms with Crippen molar-refractivity contribution in [1.82, 2.24) is 4.31 Å². The van der Waals surface area contributed by atoms with Gasteiger partial charge in [-0.15, -0.1) is 6.58 Å². The summed E-state index contributed by atoms with van der Waals surface area (Å²) in [6.45, 7) is 7.07. The third-order valence-electron chi connectivity index (χ3n) is 2.69. The zero-order valence-corrected chi connectivity index (χ0v) is 12.1. The molecule has 0 aliphatic rings. The summed E-state index contributed by atoms with van der Waals surface area (Å²) in [7, 11) is -3.83. The minimum Gasteiger partial charge on any atom is -0.393 e. The van der Waals surface area contributed by atoms with E-state index in [2.05, 4.69) is 6.58 Å². The van der Waals surface area contributed by atoms with E-state index in [0.29, 0.717) is 0 Å². The number of nitro benzene ring substituents is 1. The van der Waals surface area contributed by atoms with Crippen LogP contribution in [0.2, 0.25) is 0 Å². The highest BCUT2D eigenvalue weighted by molar-refractivity contribution is 7.89. The van der Waals surface area contributed by atoms with Crippen molar-refractivity contribution in [3.63, 3.8) is 0 Å². The third-order valence-corrected chi connectivity index (χ3v) is 4.73. The zero-order chi connectivity index (χ0) is 15.5. The van der Waals surface area contributed by atoms with Crippen LogP contribution in [0.3, 0.4) is 0 Å². The second kappa shape index (κ2) is 6.02. The van der Waals surface area contributed by atoms with E-state index in [1.165, 1.54) is 22.5 Å². The first-order valence-electron chi connectivity index (χ1n) is 5.88. The van der Waals surface area contributed by atoms with Crippen LogP contribution in [-0.4, -0.2) is 30.2 Å². The number of nitrogens with two attached hydrogens (primary N) is 1. The minimum absolute atomic E-state index is 0.0752. The predicted octanol–water partition coefficient (Wildman–Crippen LogP) is 1.76. The second-order valence-corrected chi connectivity index (χ2v) is 6.33. The molecular formula is C12H17N3O4S. The second-order valence-electron chi connectivity index (χ2n) is 4.43. The maximum atomic E-state index is 12.5. The lowest BCUT2D eigenvalue weighted by atomic mass is 10.3. The fourth-order valence-corrected chi connectivity index (χ4v) is 3.32. The van der Waals surface area contributed by atoms with Crippen LogP contribution in [0.25, 0.3) is 0 Å². The average molecular weight is 299 g/mol. The number of nitro groups is 1. The van der Waals surface area contributed by atoms with E-state index in [0.717, 1.165) is 6.07 Å². The number of benzene rings is 1. The molecule has 0 aromatic heterocycles. The molecule has 7 nitrogen and oxygen atoms in total. The first-order chi connectivity index (χ1) is 9.21. The number of hydrogen-bond acceptors (Lipinski definition) is 5. The highest BCUT2D eigenvalue weighted by Crippen LogP contribution is 2.27. The summed E-state index contributed by atoms with van der Waals surface area (Å²) in [4.78, 5) is 9.97. The van der Waals surface area contributed by atoms with Gasteiger partial charge in [0.1, 0.15) is 5.69 Å². The number of anilines is 1. The first kappa shape index (κ1) is 16.1. The van der Waals surface area contributed by atoms with Gasteiger partial charge in [-0.2, -0.15) is 4.31 Å². The van der Waals surface area contributed by atoms with Crippen LogP contribution in [0.5, 0.6) is 0 Å². The van der Waals surface area contributed by atoms with Crippen LogP contribution in [0.15, 0.2) is 35.7 Å². The van der Waals surface area contributed by atoms with Crippen LogP contribution in [-0.2, 0) is 10.0 Å². The molecule has 0 saturated carbocycles. The summed E-state index contributed by atoms with van der Waals surface area (Å²) in [6.07, 6.45) is 1.46. The number of nitrogens with zero attached hydrogens (tertiary/aromatic N) is 2. The maximum Gasteiger partial charge on any atom is 0.293 e. The van der Waals surface area contributed by atoms with Gasteiger partial charge in [-0.3, -0.25) is 10.1 Å². The van der Waals surface area contributed by atoms with E-state index in [4.69, 9.17) is 5.73 Å². The third kappa shape index (κ3) is 3.14. The molecule has 0 atom stereocenters. The molecule has 0 fully saturated rings. The summed E-state index contributed by atoms with van der Waals surface area (Å²) in [6, 6.07) is 3.16. The Labute approximate surface area is 117 Å². The zero-order valence-electron chi connectivity index (χ0n) is 11.3. The Bertz CT molecular complexity index is 626. The molecule has 0 amide bonds. The lowest BCUT2D eigenvalue weighted by Gasteiger charge is -2.24. The summed E-state index contributed by atoms with van der Waals surface area (Å²) < 4.78 is 26.1. The van der Waals surface area contributed by atoms with Crippen molar-refractivity contribution < 1.29 is 13.3 Å². The number of rotatable bonds is 6. The molecule has 8 heteroatoms. The van der Waals surface area contributed by atoms with Crippen LogP contribution in [0.1, 0.15) is 13.8 Å². The van der Waals surface area contributed by atoms with E-state index >= 15 is 0 Å². The Morgan fingerprint density at radius 1 is 1.50 bits per heavy atom. The Balaban J connectivity index is 3.38. The van der Waals surface area contributed by atoms with Crippen molar-refractivity contribution >= 4 is 21.4 Å². The molecule has 20 heavy (non-hydrogen) atoms. The van der Waals surface area contributed by atoms with Gasteiger partial charge >= 0.3 is 0 Å². The monoisotopic (exact) mass is 299 g/mol. The first-order valence-corrected chi connectivity index (χ1v) is 7.32. The van der Waals surface area contributed by atoms with Crippen LogP contribution < -0.4 is 5.73 Å². The summed E-state index contributed by atoms with van der Waals surface area (Å²) in [5, 5.41) is 10.8. The molecule has 0 bridgehead atoms. The van der Waals surface area contributed by atoms with Gasteiger partial charge in [-0.25, -0.2) is 8.42 Å². The molecule has 1 aromatic rings. The van der Waals surface area contributed by atoms with E-state index < -0.39 is 20.6 Å². The Kier molecular flexibility index (Phi) is 4.85. The predicted molar refractivity (Wildman–Crippen MR) is 76.7 cm³/mol. The van der Waals surface area contributed by atoms with Crippen LogP contribution >= 0.6 is 0 Å². The van der Waals surface area contributed by atoms with Crippen molar-refractivity contribution in [1.29, 1.82) is 0 Å². The topological polar surface area (TPSA) is 107 Å². The molecule has 0 aliphatic heterocycles. The van der Waals surface area contributed by atoms with Gasteiger partial charge in [-0.05, 0) is 26.0 Å². The minimum atomic E-state index is -3.83. The molecule has 1 aromatic carbocycles. The van der Waals surface area contributed by atoms with Crippen molar-refractivity contribution in [2.75, 3.05) is 12.3 Å². The molecule has 1 rings (SSSR count). The van der Waals surface area contributed by atoms with Crippen molar-refractivity contribution in [3.8, 4) is 0 Å². The molecule has 0 heterocycles. The largest absolute Gasteiger partial charge is 0.393 e. The van der Waals surface area contributed by atoms with Gasteiger partial charge in [0.05, 0.1) is 9.82 Å². The normalized spacial score (nSPS) is 11.8. The highest BCUT2D eigenvalue weighted by atomic mass is 32.2. The summed E-state index contributed by atoms with van der Waals surface area (Å²) in [5.41, 5.74) is 4.96. The Morgan fingerprint density at radius 2 is 2.10 bits per heavy atom. The molecule has 0 unspecified atom stereocenters. The number of sulfonamides is 1. The summed E-state index contributed by atoms with van der Waals surface area (Å²) in [5.74, 6) is 0. The van der Waals surface area contributed by atoms with Gasteiger partial charge in [0.2, 0.25) is 10.0 Å². The van der Waals surface area contributed by atoms with Gasteiger partial charge < -0.3 is 5.73 Å². The van der Waals surface area contributed by atoms with E-state index in [9.17, 15) is 18.5 Å². The molecule has 0 spiro atoms. The summed E-state index contributed by atoms with van der Waals surface area (Å²) >= 11 is 0. The lowest BCUT2D eigenvalue weighted by molar-refractivity contribution is -0.384. The van der Waals surface area contributed by atoms with Gasteiger partial charge in [0, 0.05) is 18.7 Å². The SMILES string of the molecule is C=CCN(C(C)C)S(=O)(=O)c1ccc(N)c([N+](=O)[O-])c1. The lowest BCUT2D eigenvalue weighted by Crippen LogP contribution is -2.37. The molecular weight excluding hydrogens is 282 g/mol. The Morgan fingerprint density at radius 3 is 2.55 bits per heavy atom.